The largest absolute Gasteiger partial charge is 0.449 e. The van der Waals surface area contributed by atoms with Gasteiger partial charge in [0.15, 0.2) is 6.10 Å². The molecule has 0 unspecified atom stereocenters. The summed E-state index contributed by atoms with van der Waals surface area (Å²) >= 11 is 11.9. The first-order valence-electron chi connectivity index (χ1n) is 7.50. The average molecular weight is 377 g/mol. The molecule has 25 heavy (non-hydrogen) atoms. The molecule has 0 N–H and O–H groups in total. The molecule has 1 heterocycles. The lowest BCUT2D eigenvalue weighted by Gasteiger charge is -2.10. The Kier molecular flexibility index (Phi) is 5.06. The summed E-state index contributed by atoms with van der Waals surface area (Å²) in [6.07, 6.45) is -0.728. The van der Waals surface area contributed by atoms with Gasteiger partial charge in [0.2, 0.25) is 5.89 Å². The SMILES string of the molecule is Cc1ccc(-c2nnc([C@H](C)OC(=O)c3cc(Cl)ccc3Cl)o2)cc1. The third-order valence-electron chi connectivity index (χ3n) is 3.52. The van der Waals surface area contributed by atoms with Crippen molar-refractivity contribution >= 4 is 29.2 Å². The third-order valence-corrected chi connectivity index (χ3v) is 4.08. The van der Waals surface area contributed by atoms with Crippen molar-refractivity contribution in [2.24, 2.45) is 0 Å². The van der Waals surface area contributed by atoms with E-state index in [1.807, 2.05) is 31.2 Å². The number of benzene rings is 2. The summed E-state index contributed by atoms with van der Waals surface area (Å²) in [4.78, 5) is 12.3. The Morgan fingerprint density at radius 3 is 2.56 bits per heavy atom. The van der Waals surface area contributed by atoms with Gasteiger partial charge in [-0.2, -0.15) is 0 Å². The number of nitrogens with zero attached hydrogens (tertiary/aromatic N) is 2. The zero-order valence-electron chi connectivity index (χ0n) is 13.5. The maximum atomic E-state index is 12.3. The highest BCUT2D eigenvalue weighted by molar-refractivity contribution is 6.35. The van der Waals surface area contributed by atoms with E-state index in [-0.39, 0.29) is 16.5 Å². The van der Waals surface area contributed by atoms with E-state index in [9.17, 15) is 4.79 Å². The lowest BCUT2D eigenvalue weighted by atomic mass is 10.1. The Hall–Kier alpha value is -2.37. The maximum absolute atomic E-state index is 12.3. The topological polar surface area (TPSA) is 65.2 Å². The van der Waals surface area contributed by atoms with Gasteiger partial charge in [-0.15, -0.1) is 10.2 Å². The van der Waals surface area contributed by atoms with Crippen LogP contribution in [0.15, 0.2) is 46.9 Å². The lowest BCUT2D eigenvalue weighted by Crippen LogP contribution is -2.10. The number of carbonyl (C=O) groups excluding carboxylic acids is 1. The highest BCUT2D eigenvalue weighted by Gasteiger charge is 2.21. The van der Waals surface area contributed by atoms with Crippen molar-refractivity contribution < 1.29 is 13.9 Å². The third kappa shape index (κ3) is 4.00. The highest BCUT2D eigenvalue weighted by Crippen LogP contribution is 2.26. The molecule has 0 bridgehead atoms. The van der Waals surface area contributed by atoms with E-state index in [0.717, 1.165) is 11.1 Å². The Balaban J connectivity index is 1.75. The van der Waals surface area contributed by atoms with Gasteiger partial charge in [-0.25, -0.2) is 4.79 Å². The predicted octanol–water partition coefficient (Wildman–Crippen LogP) is 5.27. The number of aromatic nitrogens is 2. The van der Waals surface area contributed by atoms with Crippen LogP contribution in [0.1, 0.15) is 34.8 Å². The van der Waals surface area contributed by atoms with Crippen LogP contribution in [0.4, 0.5) is 0 Å². The maximum Gasteiger partial charge on any atom is 0.340 e. The fraction of sp³-hybridized carbons (Fsp3) is 0.167. The summed E-state index contributed by atoms with van der Waals surface area (Å²) in [5.74, 6) is -0.0594. The Morgan fingerprint density at radius 1 is 1.12 bits per heavy atom. The monoisotopic (exact) mass is 376 g/mol. The summed E-state index contributed by atoms with van der Waals surface area (Å²) in [5, 5.41) is 8.59. The quantitative estimate of drug-likeness (QED) is 0.580. The van der Waals surface area contributed by atoms with Crippen LogP contribution in [0.3, 0.4) is 0 Å². The van der Waals surface area contributed by atoms with Crippen molar-refractivity contribution in [3.63, 3.8) is 0 Å². The summed E-state index contributed by atoms with van der Waals surface area (Å²) in [5.41, 5.74) is 2.10. The van der Waals surface area contributed by atoms with Gasteiger partial charge in [-0.3, -0.25) is 0 Å². The minimum Gasteiger partial charge on any atom is -0.449 e. The van der Waals surface area contributed by atoms with Crippen LogP contribution in [-0.4, -0.2) is 16.2 Å². The van der Waals surface area contributed by atoms with Gasteiger partial charge < -0.3 is 9.15 Å². The van der Waals surface area contributed by atoms with Crippen molar-refractivity contribution in [3.8, 4) is 11.5 Å². The van der Waals surface area contributed by atoms with Gasteiger partial charge in [0.05, 0.1) is 10.6 Å². The number of ether oxygens (including phenoxy) is 1. The fourth-order valence-electron chi connectivity index (χ4n) is 2.14. The van der Waals surface area contributed by atoms with Gasteiger partial charge in [0.25, 0.3) is 5.89 Å². The lowest BCUT2D eigenvalue weighted by molar-refractivity contribution is 0.0280. The second-order valence-corrected chi connectivity index (χ2v) is 6.33. The molecule has 3 rings (SSSR count). The van der Waals surface area contributed by atoms with E-state index in [0.29, 0.717) is 10.9 Å². The molecular weight excluding hydrogens is 363 g/mol. The van der Waals surface area contributed by atoms with Crippen molar-refractivity contribution in [2.75, 3.05) is 0 Å². The first-order valence-corrected chi connectivity index (χ1v) is 8.26. The molecule has 128 valence electrons. The van der Waals surface area contributed by atoms with Crippen molar-refractivity contribution in [1.29, 1.82) is 0 Å². The smallest absolute Gasteiger partial charge is 0.340 e. The van der Waals surface area contributed by atoms with Gasteiger partial charge >= 0.3 is 5.97 Å². The first-order chi connectivity index (χ1) is 11.9. The molecule has 2 aromatic carbocycles. The number of carbonyl (C=O) groups is 1. The normalized spacial score (nSPS) is 12.0. The van der Waals surface area contributed by atoms with Crippen LogP contribution in [0, 0.1) is 6.92 Å². The van der Waals surface area contributed by atoms with Gasteiger partial charge in [0, 0.05) is 10.6 Å². The standard InChI is InChI=1S/C18H14Cl2N2O3/c1-10-3-5-12(6-4-10)17-22-21-16(25-17)11(2)24-18(23)14-9-13(19)7-8-15(14)20/h3-9,11H,1-2H3/t11-/m0/s1. The molecule has 0 saturated heterocycles. The number of esters is 1. The van der Waals surface area contributed by atoms with Gasteiger partial charge in [-0.1, -0.05) is 40.9 Å². The number of hydrogen-bond donors (Lipinski definition) is 0. The second kappa shape index (κ2) is 7.25. The molecular formula is C18H14Cl2N2O3. The van der Waals surface area contributed by atoms with E-state index in [1.54, 1.807) is 13.0 Å². The van der Waals surface area contributed by atoms with Crippen LogP contribution >= 0.6 is 23.2 Å². The molecule has 1 atom stereocenters. The molecule has 0 fully saturated rings. The molecule has 0 aliphatic rings. The molecule has 1 aromatic heterocycles. The van der Waals surface area contributed by atoms with Gasteiger partial charge in [-0.05, 0) is 44.2 Å². The summed E-state index contributed by atoms with van der Waals surface area (Å²) in [6.45, 7) is 3.63. The molecule has 0 aliphatic heterocycles. The predicted molar refractivity (Wildman–Crippen MR) is 94.8 cm³/mol. The van der Waals surface area contributed by atoms with E-state index in [4.69, 9.17) is 32.4 Å². The molecule has 0 amide bonds. The Bertz CT molecular complexity index is 907. The van der Waals surface area contributed by atoms with Crippen LogP contribution in [0.25, 0.3) is 11.5 Å². The molecule has 5 nitrogen and oxygen atoms in total. The fourth-order valence-corrected chi connectivity index (χ4v) is 2.51. The highest BCUT2D eigenvalue weighted by atomic mass is 35.5. The van der Waals surface area contributed by atoms with E-state index < -0.39 is 12.1 Å². The number of halogens is 2. The van der Waals surface area contributed by atoms with E-state index >= 15 is 0 Å². The average Bonchev–Trinajstić information content (AvgIpc) is 3.07. The van der Waals surface area contributed by atoms with Crippen LogP contribution in [0.5, 0.6) is 0 Å². The summed E-state index contributed by atoms with van der Waals surface area (Å²) < 4.78 is 11.0. The van der Waals surface area contributed by atoms with Crippen LogP contribution < -0.4 is 0 Å². The Morgan fingerprint density at radius 2 is 1.84 bits per heavy atom. The first kappa shape index (κ1) is 17.5. The van der Waals surface area contributed by atoms with Crippen molar-refractivity contribution in [1.82, 2.24) is 10.2 Å². The van der Waals surface area contributed by atoms with Crippen molar-refractivity contribution in [3.05, 3.63) is 69.5 Å². The molecule has 0 radical (unpaired) electrons. The minimum atomic E-state index is -0.728. The van der Waals surface area contributed by atoms with Crippen molar-refractivity contribution in [2.45, 2.75) is 20.0 Å². The van der Waals surface area contributed by atoms with Gasteiger partial charge in [0.1, 0.15) is 0 Å². The Labute approximate surface area is 154 Å². The molecule has 0 aliphatic carbocycles. The second-order valence-electron chi connectivity index (χ2n) is 5.48. The summed E-state index contributed by atoms with van der Waals surface area (Å²) in [6, 6.07) is 12.2. The van der Waals surface area contributed by atoms with E-state index in [1.165, 1.54) is 12.1 Å². The molecule has 7 heteroatoms. The number of aryl methyl sites for hydroxylation is 1. The number of hydrogen-bond acceptors (Lipinski definition) is 5. The molecule has 0 spiro atoms. The number of rotatable bonds is 4. The van der Waals surface area contributed by atoms with Crippen LogP contribution in [0.2, 0.25) is 10.0 Å². The summed E-state index contributed by atoms with van der Waals surface area (Å²) in [7, 11) is 0. The zero-order chi connectivity index (χ0) is 18.0. The van der Waals surface area contributed by atoms with Crippen LogP contribution in [-0.2, 0) is 4.74 Å². The molecule has 0 saturated carbocycles. The van der Waals surface area contributed by atoms with E-state index in [2.05, 4.69) is 10.2 Å². The minimum absolute atomic E-state index is 0.180. The molecule has 3 aromatic rings. The zero-order valence-corrected chi connectivity index (χ0v) is 15.0.